The fraction of sp³-hybridized carbons (Fsp3) is 0.417. The average molecular weight is 294 g/mol. The van der Waals surface area contributed by atoms with Crippen LogP contribution in [-0.2, 0) is 11.2 Å². The number of rotatable bonds is 6. The van der Waals surface area contributed by atoms with Gasteiger partial charge in [-0.3, -0.25) is 10.2 Å². The molecule has 0 aliphatic rings. The number of aryl methyl sites for hydroxylation is 1. The Morgan fingerprint density at radius 1 is 1.50 bits per heavy atom. The third-order valence-corrected chi connectivity index (χ3v) is 3.99. The lowest BCUT2D eigenvalue weighted by molar-refractivity contribution is -0.118. The maximum Gasteiger partial charge on any atom is 0.240 e. The largest absolute Gasteiger partial charge is 0.370 e. The van der Waals surface area contributed by atoms with Crippen molar-refractivity contribution in [2.24, 2.45) is 11.6 Å². The summed E-state index contributed by atoms with van der Waals surface area (Å²) in [5.41, 5.74) is 7.65. The van der Waals surface area contributed by atoms with Crippen LogP contribution in [0.25, 0.3) is 10.2 Å². The van der Waals surface area contributed by atoms with E-state index in [1.54, 1.807) is 11.3 Å². The van der Waals surface area contributed by atoms with Crippen molar-refractivity contribution >= 4 is 39.2 Å². The number of carbonyl (C=O) groups excluding carboxylic acids is 1. The van der Waals surface area contributed by atoms with Gasteiger partial charge in [-0.1, -0.05) is 6.92 Å². The lowest BCUT2D eigenvalue weighted by Crippen LogP contribution is -2.24. The van der Waals surface area contributed by atoms with Crippen LogP contribution < -0.4 is 22.3 Å². The minimum absolute atomic E-state index is 0.110. The summed E-state index contributed by atoms with van der Waals surface area (Å²) < 4.78 is 0. The Bertz CT molecular complexity index is 626. The van der Waals surface area contributed by atoms with Crippen molar-refractivity contribution in [3.05, 3.63) is 10.9 Å². The van der Waals surface area contributed by atoms with E-state index in [4.69, 9.17) is 11.6 Å². The van der Waals surface area contributed by atoms with Crippen molar-refractivity contribution in [2.75, 3.05) is 10.7 Å². The van der Waals surface area contributed by atoms with E-state index in [1.807, 2.05) is 6.92 Å². The first-order chi connectivity index (χ1) is 9.53. The van der Waals surface area contributed by atoms with Crippen LogP contribution in [0.2, 0.25) is 0 Å². The molecule has 2 aromatic rings. The highest BCUT2D eigenvalue weighted by molar-refractivity contribution is 7.18. The lowest BCUT2D eigenvalue weighted by atomic mass is 10.2. The number of thiophene rings is 1. The fourth-order valence-electron chi connectivity index (χ4n) is 1.91. The molecule has 1 amide bonds. The van der Waals surface area contributed by atoms with Gasteiger partial charge in [0.05, 0.1) is 5.39 Å². The molecule has 6 N–H and O–H groups in total. The highest BCUT2D eigenvalue weighted by Gasteiger charge is 2.14. The molecule has 1 atom stereocenters. The number of nitrogens with two attached hydrogens (primary N) is 2. The molecule has 2 rings (SSSR count). The molecule has 0 radical (unpaired) electrons. The van der Waals surface area contributed by atoms with Gasteiger partial charge in [-0.25, -0.2) is 10.8 Å². The number of hydrogen-bond acceptors (Lipinski definition) is 7. The Morgan fingerprint density at radius 3 is 2.85 bits per heavy atom. The highest BCUT2D eigenvalue weighted by Crippen LogP contribution is 2.30. The highest BCUT2D eigenvalue weighted by atomic mass is 32.1. The van der Waals surface area contributed by atoms with Crippen LogP contribution in [0.15, 0.2) is 6.07 Å². The molecule has 1 unspecified atom stereocenters. The van der Waals surface area contributed by atoms with Gasteiger partial charge in [0.25, 0.3) is 0 Å². The van der Waals surface area contributed by atoms with Gasteiger partial charge in [0.1, 0.15) is 10.6 Å². The topological polar surface area (TPSA) is 119 Å². The van der Waals surface area contributed by atoms with Crippen molar-refractivity contribution in [1.82, 2.24) is 9.97 Å². The average Bonchev–Trinajstić information content (AvgIpc) is 2.80. The van der Waals surface area contributed by atoms with E-state index in [0.717, 1.165) is 16.6 Å². The molecule has 0 aliphatic heterocycles. The number of nitrogens with zero attached hydrogens (tertiary/aromatic N) is 2. The van der Waals surface area contributed by atoms with E-state index in [1.165, 1.54) is 4.88 Å². The van der Waals surface area contributed by atoms with E-state index in [0.29, 0.717) is 11.8 Å². The first kappa shape index (κ1) is 14.5. The van der Waals surface area contributed by atoms with Gasteiger partial charge in [-0.15, -0.1) is 11.3 Å². The standard InChI is InChI=1S/C12H18N6OS/c1-3-7-5-8-10(15-6(2)4-9(13)19)16-12(18-14)17-11(8)20-7/h5-6H,3-4,14H2,1-2H3,(H2,13,19)(H2,15,16,17,18). The first-order valence-electron chi connectivity index (χ1n) is 6.35. The van der Waals surface area contributed by atoms with E-state index in [-0.39, 0.29) is 18.4 Å². The first-order valence-corrected chi connectivity index (χ1v) is 7.17. The van der Waals surface area contributed by atoms with Gasteiger partial charge < -0.3 is 11.1 Å². The number of primary amides is 1. The van der Waals surface area contributed by atoms with Crippen molar-refractivity contribution in [1.29, 1.82) is 0 Å². The van der Waals surface area contributed by atoms with Gasteiger partial charge in [0.15, 0.2) is 0 Å². The van der Waals surface area contributed by atoms with Crippen LogP contribution in [0, 0.1) is 0 Å². The van der Waals surface area contributed by atoms with Crippen molar-refractivity contribution in [3.63, 3.8) is 0 Å². The third kappa shape index (κ3) is 3.14. The van der Waals surface area contributed by atoms with Crippen molar-refractivity contribution in [2.45, 2.75) is 32.7 Å². The molecule has 0 saturated carbocycles. The second-order valence-electron chi connectivity index (χ2n) is 4.54. The molecule has 0 saturated heterocycles. The Kier molecular flexibility index (Phi) is 4.35. The molecular formula is C12H18N6OS. The zero-order valence-corrected chi connectivity index (χ0v) is 12.3. The summed E-state index contributed by atoms with van der Waals surface area (Å²) in [6.45, 7) is 3.96. The summed E-state index contributed by atoms with van der Waals surface area (Å²) in [7, 11) is 0. The molecule has 108 valence electrons. The number of amides is 1. The minimum atomic E-state index is -0.355. The molecule has 0 aromatic carbocycles. The minimum Gasteiger partial charge on any atom is -0.370 e. The number of nitrogen functional groups attached to an aromatic ring is 1. The van der Waals surface area contributed by atoms with Crippen LogP contribution in [0.3, 0.4) is 0 Å². The predicted octanol–water partition coefficient (Wildman–Crippen LogP) is 1.22. The quantitative estimate of drug-likeness (QED) is 0.470. The summed E-state index contributed by atoms with van der Waals surface area (Å²) in [6.07, 6.45) is 1.17. The Balaban J connectivity index is 2.38. The lowest BCUT2D eigenvalue weighted by Gasteiger charge is -2.14. The summed E-state index contributed by atoms with van der Waals surface area (Å²) in [4.78, 5) is 21.7. The Morgan fingerprint density at radius 2 is 2.25 bits per heavy atom. The molecule has 20 heavy (non-hydrogen) atoms. The fourth-order valence-corrected chi connectivity index (χ4v) is 2.87. The maximum atomic E-state index is 11.0. The third-order valence-electron chi connectivity index (χ3n) is 2.81. The number of anilines is 2. The Hall–Kier alpha value is -1.93. The molecule has 0 bridgehead atoms. The van der Waals surface area contributed by atoms with E-state index in [9.17, 15) is 4.79 Å². The predicted molar refractivity (Wildman–Crippen MR) is 81.5 cm³/mol. The zero-order valence-electron chi connectivity index (χ0n) is 11.4. The normalized spacial score (nSPS) is 12.3. The van der Waals surface area contributed by atoms with Crippen molar-refractivity contribution < 1.29 is 4.79 Å². The smallest absolute Gasteiger partial charge is 0.240 e. The number of hydrazine groups is 1. The number of nitrogens with one attached hydrogen (secondary N) is 2. The molecule has 2 heterocycles. The van der Waals surface area contributed by atoms with E-state index >= 15 is 0 Å². The van der Waals surface area contributed by atoms with Crippen molar-refractivity contribution in [3.8, 4) is 0 Å². The second-order valence-corrected chi connectivity index (χ2v) is 5.66. The van der Waals surface area contributed by atoms with Crippen LogP contribution >= 0.6 is 11.3 Å². The molecule has 0 aliphatic carbocycles. The molecule has 8 heteroatoms. The van der Waals surface area contributed by atoms with Gasteiger partial charge in [-0.05, 0) is 19.4 Å². The van der Waals surface area contributed by atoms with Gasteiger partial charge in [-0.2, -0.15) is 4.98 Å². The van der Waals surface area contributed by atoms with E-state index in [2.05, 4.69) is 33.7 Å². The van der Waals surface area contributed by atoms with Gasteiger partial charge in [0.2, 0.25) is 11.9 Å². The van der Waals surface area contributed by atoms with Crippen LogP contribution in [0.1, 0.15) is 25.1 Å². The molecule has 0 spiro atoms. The SMILES string of the molecule is CCc1cc2c(NC(C)CC(N)=O)nc(NN)nc2s1. The van der Waals surface area contributed by atoms with Crippen LogP contribution in [0.4, 0.5) is 11.8 Å². The monoisotopic (exact) mass is 294 g/mol. The number of aromatic nitrogens is 2. The molecule has 0 fully saturated rings. The van der Waals surface area contributed by atoms with Gasteiger partial charge in [0, 0.05) is 17.3 Å². The Labute approximate surface area is 120 Å². The van der Waals surface area contributed by atoms with E-state index < -0.39 is 0 Å². The second kappa shape index (κ2) is 6.02. The summed E-state index contributed by atoms with van der Waals surface area (Å²) in [5, 5.41) is 4.12. The van der Waals surface area contributed by atoms with Crippen LogP contribution in [-0.4, -0.2) is 21.9 Å². The molecule has 7 nitrogen and oxygen atoms in total. The summed E-state index contributed by atoms with van der Waals surface area (Å²) in [6, 6.07) is 1.95. The number of carbonyl (C=O) groups is 1. The summed E-state index contributed by atoms with van der Waals surface area (Å²) in [5.74, 6) is 6.04. The molecule has 2 aromatic heterocycles. The van der Waals surface area contributed by atoms with Crippen LogP contribution in [0.5, 0.6) is 0 Å². The van der Waals surface area contributed by atoms with Gasteiger partial charge >= 0.3 is 0 Å². The maximum absolute atomic E-state index is 11.0. The summed E-state index contributed by atoms with van der Waals surface area (Å²) >= 11 is 1.60. The molecular weight excluding hydrogens is 276 g/mol. The zero-order chi connectivity index (χ0) is 14.7. The number of hydrogen-bond donors (Lipinski definition) is 4. The number of fused-ring (bicyclic) bond motifs is 1.